The zero-order chi connectivity index (χ0) is 16.1. The second kappa shape index (κ2) is 5.13. The van der Waals surface area contributed by atoms with Crippen molar-refractivity contribution in [1.82, 2.24) is 19.6 Å². The molecule has 1 N–H and O–H groups in total. The Bertz CT molecular complexity index is 970. The first-order valence-electron chi connectivity index (χ1n) is 7.61. The number of aliphatic carboxylic acids is 1. The summed E-state index contributed by atoms with van der Waals surface area (Å²) in [7, 11) is 0. The van der Waals surface area contributed by atoms with Crippen LogP contribution in [0.25, 0.3) is 21.9 Å². The number of aryl methyl sites for hydroxylation is 2. The van der Waals surface area contributed by atoms with E-state index < -0.39 is 5.97 Å². The Balaban J connectivity index is 1.97. The third-order valence-corrected chi connectivity index (χ3v) is 5.43. The summed E-state index contributed by atoms with van der Waals surface area (Å²) in [5.41, 5.74) is 2.13. The summed E-state index contributed by atoms with van der Waals surface area (Å²) in [6.07, 6.45) is 5.80. The summed E-state index contributed by atoms with van der Waals surface area (Å²) in [6, 6.07) is 0. The van der Waals surface area contributed by atoms with Crippen molar-refractivity contribution in [2.24, 2.45) is 5.92 Å². The standard InChI is InChI=1S/C16H16N4O2S/c1-8-3-4-10-11(7-8)23-16-14(10)15-18-12(5-6-13(21)22)19-20(15)9(2)17-16/h5-6,8H,3-4,7H2,1-2H3,(H,21,22)/b6-5+/t8-/m0/s1. The molecule has 0 bridgehead atoms. The fourth-order valence-electron chi connectivity index (χ4n) is 3.17. The fraction of sp³-hybridized carbons (Fsp3) is 0.375. The minimum Gasteiger partial charge on any atom is -0.478 e. The molecule has 0 aliphatic heterocycles. The number of carbonyl (C=O) groups is 1. The van der Waals surface area contributed by atoms with Crippen LogP contribution in [0.1, 0.15) is 35.4 Å². The molecule has 4 rings (SSSR count). The SMILES string of the molecule is Cc1nc2sc3c(c2c2nc(/C=C/C(=O)O)nn12)CC[C@H](C)C3. The Kier molecular flexibility index (Phi) is 3.19. The first-order valence-corrected chi connectivity index (χ1v) is 8.43. The average Bonchev–Trinajstić information content (AvgIpc) is 3.05. The molecule has 1 aliphatic rings. The van der Waals surface area contributed by atoms with Gasteiger partial charge in [0.25, 0.3) is 0 Å². The summed E-state index contributed by atoms with van der Waals surface area (Å²) in [5, 5.41) is 14.2. The van der Waals surface area contributed by atoms with Crippen molar-refractivity contribution < 1.29 is 9.90 Å². The molecular weight excluding hydrogens is 312 g/mol. The summed E-state index contributed by atoms with van der Waals surface area (Å²) in [5.74, 6) is 0.862. The van der Waals surface area contributed by atoms with Gasteiger partial charge >= 0.3 is 5.97 Å². The highest BCUT2D eigenvalue weighted by atomic mass is 32.1. The number of nitrogens with zero attached hydrogens (tertiary/aromatic N) is 4. The minimum absolute atomic E-state index is 0.397. The predicted molar refractivity (Wildman–Crippen MR) is 88.8 cm³/mol. The Hall–Kier alpha value is -2.28. The first kappa shape index (κ1) is 14.3. The Morgan fingerprint density at radius 3 is 3.04 bits per heavy atom. The van der Waals surface area contributed by atoms with E-state index in [0.29, 0.717) is 11.7 Å². The van der Waals surface area contributed by atoms with Gasteiger partial charge < -0.3 is 5.11 Å². The molecule has 0 unspecified atom stereocenters. The van der Waals surface area contributed by atoms with Crippen molar-refractivity contribution in [3.8, 4) is 0 Å². The van der Waals surface area contributed by atoms with Crippen molar-refractivity contribution in [1.29, 1.82) is 0 Å². The van der Waals surface area contributed by atoms with Crippen LogP contribution in [-0.4, -0.2) is 30.7 Å². The van der Waals surface area contributed by atoms with Crippen molar-refractivity contribution in [2.75, 3.05) is 0 Å². The van der Waals surface area contributed by atoms with E-state index in [9.17, 15) is 4.79 Å². The lowest BCUT2D eigenvalue weighted by Crippen LogP contribution is -2.08. The van der Waals surface area contributed by atoms with E-state index in [2.05, 4.69) is 22.0 Å². The van der Waals surface area contributed by atoms with Crippen LogP contribution in [0, 0.1) is 12.8 Å². The molecule has 3 heterocycles. The van der Waals surface area contributed by atoms with Crippen LogP contribution in [0.4, 0.5) is 0 Å². The normalized spacial score (nSPS) is 18.1. The third-order valence-electron chi connectivity index (χ3n) is 4.29. The van der Waals surface area contributed by atoms with Gasteiger partial charge in [-0.05, 0) is 43.7 Å². The van der Waals surface area contributed by atoms with Crippen LogP contribution >= 0.6 is 11.3 Å². The van der Waals surface area contributed by atoms with Gasteiger partial charge in [-0.25, -0.2) is 14.8 Å². The average molecular weight is 328 g/mol. The maximum Gasteiger partial charge on any atom is 0.328 e. The number of fused-ring (bicyclic) bond motifs is 5. The van der Waals surface area contributed by atoms with Crippen molar-refractivity contribution >= 4 is 39.2 Å². The predicted octanol–water partition coefficient (Wildman–Crippen LogP) is 2.87. The fourth-order valence-corrected chi connectivity index (χ4v) is 4.59. The number of rotatable bonds is 2. The molecule has 3 aromatic heterocycles. The minimum atomic E-state index is -1.01. The summed E-state index contributed by atoms with van der Waals surface area (Å²) < 4.78 is 1.72. The van der Waals surface area contributed by atoms with E-state index in [1.54, 1.807) is 15.9 Å². The number of hydrogen-bond donors (Lipinski definition) is 1. The quantitative estimate of drug-likeness (QED) is 0.732. The molecule has 6 nitrogen and oxygen atoms in total. The van der Waals surface area contributed by atoms with Crippen LogP contribution < -0.4 is 0 Å². The second-order valence-corrected chi connectivity index (χ2v) is 7.15. The summed E-state index contributed by atoms with van der Waals surface area (Å²) in [4.78, 5) is 22.3. The van der Waals surface area contributed by atoms with Gasteiger partial charge in [0, 0.05) is 11.0 Å². The van der Waals surface area contributed by atoms with E-state index in [4.69, 9.17) is 5.11 Å². The molecule has 7 heteroatoms. The number of carboxylic acid groups (broad SMARTS) is 1. The Morgan fingerprint density at radius 2 is 2.26 bits per heavy atom. The third kappa shape index (κ3) is 2.31. The topological polar surface area (TPSA) is 80.4 Å². The zero-order valence-electron chi connectivity index (χ0n) is 12.9. The van der Waals surface area contributed by atoms with Crippen molar-refractivity contribution in [3.05, 3.63) is 28.2 Å². The maximum absolute atomic E-state index is 10.7. The Morgan fingerprint density at radius 1 is 1.43 bits per heavy atom. The molecule has 118 valence electrons. The molecule has 1 atom stereocenters. The van der Waals surface area contributed by atoms with Gasteiger partial charge in [0.05, 0.1) is 5.39 Å². The summed E-state index contributed by atoms with van der Waals surface area (Å²) in [6.45, 7) is 4.18. The van der Waals surface area contributed by atoms with Gasteiger partial charge in [-0.15, -0.1) is 16.4 Å². The molecule has 0 radical (unpaired) electrons. The molecule has 0 amide bonds. The van der Waals surface area contributed by atoms with Crippen LogP contribution in [0.3, 0.4) is 0 Å². The van der Waals surface area contributed by atoms with Gasteiger partial charge in [0.15, 0.2) is 11.5 Å². The lowest BCUT2D eigenvalue weighted by molar-refractivity contribution is -0.131. The molecule has 0 spiro atoms. The van der Waals surface area contributed by atoms with E-state index in [0.717, 1.165) is 40.6 Å². The molecule has 0 saturated heterocycles. The maximum atomic E-state index is 10.7. The largest absolute Gasteiger partial charge is 0.478 e. The lowest BCUT2D eigenvalue weighted by Gasteiger charge is -2.17. The molecule has 0 saturated carbocycles. The van der Waals surface area contributed by atoms with E-state index in [1.165, 1.54) is 22.9 Å². The number of aromatic nitrogens is 4. The highest BCUT2D eigenvalue weighted by molar-refractivity contribution is 7.19. The van der Waals surface area contributed by atoms with E-state index in [-0.39, 0.29) is 0 Å². The summed E-state index contributed by atoms with van der Waals surface area (Å²) >= 11 is 1.76. The van der Waals surface area contributed by atoms with Gasteiger partial charge in [0.2, 0.25) is 0 Å². The van der Waals surface area contributed by atoms with Crippen molar-refractivity contribution in [3.63, 3.8) is 0 Å². The van der Waals surface area contributed by atoms with Gasteiger partial charge in [0.1, 0.15) is 10.7 Å². The number of thiophene rings is 1. The highest BCUT2D eigenvalue weighted by Gasteiger charge is 2.24. The zero-order valence-corrected chi connectivity index (χ0v) is 13.7. The van der Waals surface area contributed by atoms with Crippen LogP contribution in [0.2, 0.25) is 0 Å². The van der Waals surface area contributed by atoms with Gasteiger partial charge in [-0.1, -0.05) is 6.92 Å². The van der Waals surface area contributed by atoms with E-state index in [1.807, 2.05) is 6.92 Å². The molecule has 0 aromatic carbocycles. The Labute approximate surface area is 136 Å². The van der Waals surface area contributed by atoms with Gasteiger partial charge in [-0.2, -0.15) is 4.52 Å². The molecule has 1 aliphatic carbocycles. The highest BCUT2D eigenvalue weighted by Crippen LogP contribution is 2.38. The molecule has 23 heavy (non-hydrogen) atoms. The monoisotopic (exact) mass is 328 g/mol. The van der Waals surface area contributed by atoms with Crippen LogP contribution in [-0.2, 0) is 17.6 Å². The lowest BCUT2D eigenvalue weighted by atomic mass is 9.89. The van der Waals surface area contributed by atoms with E-state index >= 15 is 0 Å². The van der Waals surface area contributed by atoms with Crippen LogP contribution in [0.15, 0.2) is 6.08 Å². The molecule has 0 fully saturated rings. The number of hydrogen-bond acceptors (Lipinski definition) is 5. The first-order chi connectivity index (χ1) is 11.0. The van der Waals surface area contributed by atoms with Gasteiger partial charge in [-0.3, -0.25) is 0 Å². The molecular formula is C16H16N4O2S. The molecule has 3 aromatic rings. The number of carboxylic acids is 1. The smallest absolute Gasteiger partial charge is 0.328 e. The second-order valence-electron chi connectivity index (χ2n) is 6.07. The van der Waals surface area contributed by atoms with Crippen molar-refractivity contribution in [2.45, 2.75) is 33.1 Å². The van der Waals surface area contributed by atoms with Crippen LogP contribution in [0.5, 0.6) is 0 Å².